The first-order chi connectivity index (χ1) is 7.11. The summed E-state index contributed by atoms with van der Waals surface area (Å²) in [5.41, 5.74) is 0.731. The molecular formula is C11H13BrO3. The van der Waals surface area contributed by atoms with Crippen LogP contribution in [-0.4, -0.2) is 20.0 Å². The second kappa shape index (κ2) is 5.16. The van der Waals surface area contributed by atoms with Crippen LogP contribution in [0, 0.1) is 0 Å². The molecule has 4 heteroatoms. The van der Waals surface area contributed by atoms with Gasteiger partial charge in [0.25, 0.3) is 0 Å². The zero-order chi connectivity index (χ0) is 11.4. The molecule has 0 aliphatic rings. The number of Topliss-reactive ketones (excluding diaryl/α,β-unsaturated/α-hetero) is 1. The van der Waals surface area contributed by atoms with E-state index in [9.17, 15) is 4.79 Å². The average molecular weight is 273 g/mol. The van der Waals surface area contributed by atoms with E-state index in [0.29, 0.717) is 11.5 Å². The van der Waals surface area contributed by atoms with Crippen LogP contribution in [0.3, 0.4) is 0 Å². The maximum atomic E-state index is 11.3. The van der Waals surface area contributed by atoms with Crippen molar-refractivity contribution in [3.05, 3.63) is 23.8 Å². The van der Waals surface area contributed by atoms with Gasteiger partial charge in [0.1, 0.15) is 22.1 Å². The standard InChI is InChI=1S/C11H13BrO3/c1-7(13)11(12)10-8(14-2)5-4-6-9(10)15-3/h4-6,11H,1-3H3. The molecule has 0 heterocycles. The quantitative estimate of drug-likeness (QED) is 0.791. The molecule has 82 valence electrons. The van der Waals surface area contributed by atoms with Gasteiger partial charge in [-0.2, -0.15) is 0 Å². The van der Waals surface area contributed by atoms with Crippen molar-refractivity contribution >= 4 is 21.7 Å². The Morgan fingerprint density at radius 3 is 2.07 bits per heavy atom. The van der Waals surface area contributed by atoms with E-state index in [2.05, 4.69) is 15.9 Å². The molecule has 0 aliphatic carbocycles. The third-order valence-electron chi connectivity index (χ3n) is 2.08. The number of hydrogen-bond donors (Lipinski definition) is 0. The monoisotopic (exact) mass is 272 g/mol. The van der Waals surface area contributed by atoms with Gasteiger partial charge in [-0.15, -0.1) is 0 Å². The highest BCUT2D eigenvalue weighted by atomic mass is 79.9. The van der Waals surface area contributed by atoms with Crippen LogP contribution in [0.25, 0.3) is 0 Å². The van der Waals surface area contributed by atoms with E-state index in [-0.39, 0.29) is 5.78 Å². The molecule has 0 radical (unpaired) electrons. The maximum Gasteiger partial charge on any atom is 0.148 e. The van der Waals surface area contributed by atoms with Gasteiger partial charge in [0, 0.05) is 0 Å². The Morgan fingerprint density at radius 2 is 1.73 bits per heavy atom. The number of methoxy groups -OCH3 is 2. The van der Waals surface area contributed by atoms with Gasteiger partial charge in [-0.25, -0.2) is 0 Å². The van der Waals surface area contributed by atoms with Crippen molar-refractivity contribution in [1.29, 1.82) is 0 Å². The zero-order valence-corrected chi connectivity index (χ0v) is 10.5. The van der Waals surface area contributed by atoms with Gasteiger partial charge < -0.3 is 9.47 Å². The number of benzene rings is 1. The minimum absolute atomic E-state index is 0.0119. The average Bonchev–Trinajstić information content (AvgIpc) is 2.26. The Kier molecular flexibility index (Phi) is 4.15. The van der Waals surface area contributed by atoms with E-state index >= 15 is 0 Å². The van der Waals surface area contributed by atoms with Crippen LogP contribution in [0.5, 0.6) is 11.5 Å². The number of carbonyl (C=O) groups excluding carboxylic acids is 1. The molecule has 3 nitrogen and oxygen atoms in total. The highest BCUT2D eigenvalue weighted by Gasteiger charge is 2.21. The van der Waals surface area contributed by atoms with E-state index in [0.717, 1.165) is 5.56 Å². The summed E-state index contributed by atoms with van der Waals surface area (Å²) in [5, 5.41) is 0. The van der Waals surface area contributed by atoms with Crippen molar-refractivity contribution in [2.45, 2.75) is 11.8 Å². The number of rotatable bonds is 4. The number of halogens is 1. The maximum absolute atomic E-state index is 11.3. The van der Waals surface area contributed by atoms with Crippen molar-refractivity contribution in [1.82, 2.24) is 0 Å². The molecule has 1 unspecified atom stereocenters. The van der Waals surface area contributed by atoms with E-state index < -0.39 is 4.83 Å². The molecule has 0 N–H and O–H groups in total. The summed E-state index contributed by atoms with van der Waals surface area (Å²) in [6.07, 6.45) is 0. The summed E-state index contributed by atoms with van der Waals surface area (Å²) in [7, 11) is 3.14. The minimum Gasteiger partial charge on any atom is -0.496 e. The first-order valence-corrected chi connectivity index (χ1v) is 5.38. The van der Waals surface area contributed by atoms with Gasteiger partial charge in [-0.3, -0.25) is 4.79 Å². The number of ether oxygens (including phenoxy) is 2. The first kappa shape index (κ1) is 12.0. The normalized spacial score (nSPS) is 12.0. The Morgan fingerprint density at radius 1 is 1.27 bits per heavy atom. The highest BCUT2D eigenvalue weighted by molar-refractivity contribution is 9.09. The Balaban J connectivity index is 3.27. The van der Waals surface area contributed by atoms with Gasteiger partial charge in [0.15, 0.2) is 0 Å². The predicted octanol–water partition coefficient (Wildman–Crippen LogP) is 2.73. The molecule has 15 heavy (non-hydrogen) atoms. The van der Waals surface area contributed by atoms with E-state index in [4.69, 9.17) is 9.47 Å². The predicted molar refractivity (Wildman–Crippen MR) is 61.9 cm³/mol. The second-order valence-corrected chi connectivity index (χ2v) is 3.97. The molecule has 0 aliphatic heterocycles. The molecule has 1 aromatic rings. The number of hydrogen-bond acceptors (Lipinski definition) is 3. The van der Waals surface area contributed by atoms with Crippen molar-refractivity contribution in [2.75, 3.05) is 14.2 Å². The molecule has 0 amide bonds. The minimum atomic E-state index is -0.399. The smallest absolute Gasteiger partial charge is 0.148 e. The van der Waals surface area contributed by atoms with Crippen LogP contribution < -0.4 is 9.47 Å². The van der Waals surface area contributed by atoms with Crippen LogP contribution in [-0.2, 0) is 4.79 Å². The van der Waals surface area contributed by atoms with Crippen LogP contribution in [0.1, 0.15) is 17.3 Å². The van der Waals surface area contributed by atoms with Crippen molar-refractivity contribution in [2.24, 2.45) is 0 Å². The van der Waals surface area contributed by atoms with Gasteiger partial charge in [-0.1, -0.05) is 22.0 Å². The fourth-order valence-electron chi connectivity index (χ4n) is 1.33. The SMILES string of the molecule is COc1cccc(OC)c1C(Br)C(C)=O. The lowest BCUT2D eigenvalue weighted by Gasteiger charge is -2.15. The molecule has 0 saturated heterocycles. The molecule has 0 aromatic heterocycles. The van der Waals surface area contributed by atoms with E-state index in [1.807, 2.05) is 6.07 Å². The first-order valence-electron chi connectivity index (χ1n) is 4.47. The molecule has 1 atom stereocenters. The third kappa shape index (κ3) is 2.50. The lowest BCUT2D eigenvalue weighted by Crippen LogP contribution is -2.05. The number of carbonyl (C=O) groups is 1. The number of ketones is 1. The Hall–Kier alpha value is -1.03. The summed E-state index contributed by atoms with van der Waals surface area (Å²) in [6.45, 7) is 1.52. The summed E-state index contributed by atoms with van der Waals surface area (Å²) >= 11 is 3.32. The fraction of sp³-hybridized carbons (Fsp3) is 0.364. The van der Waals surface area contributed by atoms with Crippen LogP contribution in [0.4, 0.5) is 0 Å². The van der Waals surface area contributed by atoms with Gasteiger partial charge >= 0.3 is 0 Å². The molecule has 1 aromatic carbocycles. The van der Waals surface area contributed by atoms with Crippen LogP contribution >= 0.6 is 15.9 Å². The fourth-order valence-corrected chi connectivity index (χ4v) is 1.78. The molecule has 1 rings (SSSR count). The molecular weight excluding hydrogens is 260 g/mol. The largest absolute Gasteiger partial charge is 0.496 e. The Labute approximate surface area is 97.5 Å². The van der Waals surface area contributed by atoms with Crippen molar-refractivity contribution in [3.8, 4) is 11.5 Å². The molecule has 0 saturated carbocycles. The summed E-state index contributed by atoms with van der Waals surface area (Å²) in [4.78, 5) is 10.9. The summed E-state index contributed by atoms with van der Waals surface area (Å²) in [6, 6.07) is 5.42. The van der Waals surface area contributed by atoms with Crippen LogP contribution in [0.2, 0.25) is 0 Å². The topological polar surface area (TPSA) is 35.5 Å². The lowest BCUT2D eigenvalue weighted by molar-refractivity contribution is -0.116. The van der Waals surface area contributed by atoms with Gasteiger partial charge in [0.05, 0.1) is 19.8 Å². The van der Waals surface area contributed by atoms with Crippen molar-refractivity contribution in [3.63, 3.8) is 0 Å². The molecule has 0 spiro atoms. The van der Waals surface area contributed by atoms with Gasteiger partial charge in [-0.05, 0) is 19.1 Å². The van der Waals surface area contributed by atoms with Crippen LogP contribution in [0.15, 0.2) is 18.2 Å². The van der Waals surface area contributed by atoms with E-state index in [1.165, 1.54) is 6.92 Å². The molecule has 0 fully saturated rings. The van der Waals surface area contributed by atoms with E-state index in [1.54, 1.807) is 26.4 Å². The summed E-state index contributed by atoms with van der Waals surface area (Å²) in [5.74, 6) is 1.30. The summed E-state index contributed by atoms with van der Waals surface area (Å²) < 4.78 is 10.4. The number of alkyl halides is 1. The third-order valence-corrected chi connectivity index (χ3v) is 3.18. The Bertz CT molecular complexity index is 341. The van der Waals surface area contributed by atoms with Gasteiger partial charge in [0.2, 0.25) is 0 Å². The molecule has 0 bridgehead atoms. The lowest BCUT2D eigenvalue weighted by atomic mass is 10.1. The zero-order valence-electron chi connectivity index (χ0n) is 8.91. The second-order valence-electron chi connectivity index (χ2n) is 3.05. The highest BCUT2D eigenvalue weighted by Crippen LogP contribution is 2.38. The van der Waals surface area contributed by atoms with Crippen molar-refractivity contribution < 1.29 is 14.3 Å².